The van der Waals surface area contributed by atoms with Crippen LogP contribution in [0.3, 0.4) is 0 Å². The lowest BCUT2D eigenvalue weighted by Gasteiger charge is -2.20. The van der Waals surface area contributed by atoms with Crippen molar-refractivity contribution in [3.63, 3.8) is 0 Å². The van der Waals surface area contributed by atoms with Crippen LogP contribution in [0.1, 0.15) is 36.6 Å². The third kappa shape index (κ3) is 6.08. The molecule has 0 spiro atoms. The molecule has 0 saturated carbocycles. The smallest absolute Gasteiger partial charge is 0.243 e. The summed E-state index contributed by atoms with van der Waals surface area (Å²) in [5, 5.41) is 9.42. The molecule has 0 saturated heterocycles. The highest BCUT2D eigenvalue weighted by Gasteiger charge is 2.17. The predicted molar refractivity (Wildman–Crippen MR) is 110 cm³/mol. The molecule has 2 aromatic carbocycles. The number of rotatable bonds is 7. The van der Waals surface area contributed by atoms with Crippen LogP contribution in [-0.2, 0) is 9.59 Å². The van der Waals surface area contributed by atoms with Gasteiger partial charge in [0.05, 0.1) is 12.6 Å². The Hall–Kier alpha value is -2.37. The molecule has 2 amide bonds. The Balaban J connectivity index is 1.83. The van der Waals surface area contributed by atoms with Crippen LogP contribution in [0.2, 0.25) is 5.02 Å². The number of hydrogen-bond acceptors (Lipinski definition) is 3. The van der Waals surface area contributed by atoms with Crippen LogP contribution < -0.4 is 16.0 Å². The first-order valence-electron chi connectivity index (χ1n) is 8.93. The lowest BCUT2D eigenvalue weighted by atomic mass is 10.1. The number of aryl methyl sites for hydroxylation is 2. The number of benzene rings is 2. The van der Waals surface area contributed by atoms with E-state index in [-0.39, 0.29) is 24.4 Å². The summed E-state index contributed by atoms with van der Waals surface area (Å²) >= 11 is 5.90. The van der Waals surface area contributed by atoms with E-state index in [0.717, 1.165) is 22.4 Å². The molecule has 2 rings (SSSR count). The third-order valence-corrected chi connectivity index (χ3v) is 4.68. The number of halogens is 1. The van der Waals surface area contributed by atoms with Crippen molar-refractivity contribution in [3.05, 3.63) is 64.2 Å². The Morgan fingerprint density at radius 1 is 1.00 bits per heavy atom. The van der Waals surface area contributed by atoms with Gasteiger partial charge in [-0.05, 0) is 56.5 Å². The summed E-state index contributed by atoms with van der Waals surface area (Å²) < 4.78 is 0. The zero-order chi connectivity index (χ0) is 20.0. The zero-order valence-electron chi connectivity index (χ0n) is 16.1. The average molecular weight is 388 g/mol. The Kier molecular flexibility index (Phi) is 7.39. The molecule has 0 bridgehead atoms. The van der Waals surface area contributed by atoms with Gasteiger partial charge in [-0.2, -0.15) is 0 Å². The van der Waals surface area contributed by atoms with Crippen molar-refractivity contribution in [2.75, 3.05) is 11.9 Å². The molecule has 5 nitrogen and oxygen atoms in total. The minimum absolute atomic E-state index is 0.0218. The highest BCUT2D eigenvalue weighted by molar-refractivity contribution is 6.30. The second-order valence-electron chi connectivity index (χ2n) is 6.69. The molecule has 0 fully saturated rings. The van der Waals surface area contributed by atoms with E-state index >= 15 is 0 Å². The molecule has 0 aliphatic carbocycles. The van der Waals surface area contributed by atoms with Gasteiger partial charge in [-0.25, -0.2) is 0 Å². The van der Waals surface area contributed by atoms with E-state index in [1.807, 2.05) is 63.2 Å². The van der Waals surface area contributed by atoms with E-state index in [4.69, 9.17) is 11.6 Å². The van der Waals surface area contributed by atoms with Gasteiger partial charge in [-0.3, -0.25) is 14.9 Å². The summed E-state index contributed by atoms with van der Waals surface area (Å²) in [5.41, 5.74) is 3.80. The van der Waals surface area contributed by atoms with Gasteiger partial charge >= 0.3 is 0 Å². The molecule has 0 radical (unpaired) electrons. The summed E-state index contributed by atoms with van der Waals surface area (Å²) in [6.07, 6.45) is 0. The largest absolute Gasteiger partial charge is 0.346 e. The van der Waals surface area contributed by atoms with Crippen molar-refractivity contribution >= 4 is 29.1 Å². The topological polar surface area (TPSA) is 70.2 Å². The number of nitrogens with one attached hydrogen (secondary N) is 3. The first-order chi connectivity index (χ1) is 12.8. The molecular formula is C21H26ClN3O2. The average Bonchev–Trinajstić information content (AvgIpc) is 2.63. The van der Waals surface area contributed by atoms with Gasteiger partial charge in [0.15, 0.2) is 0 Å². The lowest BCUT2D eigenvalue weighted by molar-refractivity contribution is -0.125. The molecule has 0 aliphatic rings. The van der Waals surface area contributed by atoms with E-state index in [1.165, 1.54) is 0 Å². The molecule has 6 heteroatoms. The highest BCUT2D eigenvalue weighted by atomic mass is 35.5. The number of hydrogen-bond donors (Lipinski definition) is 3. The molecule has 3 N–H and O–H groups in total. The van der Waals surface area contributed by atoms with Gasteiger partial charge in [0.2, 0.25) is 11.8 Å². The number of anilines is 1. The Morgan fingerprint density at radius 2 is 1.59 bits per heavy atom. The molecular weight excluding hydrogens is 362 g/mol. The Labute approximate surface area is 165 Å². The van der Waals surface area contributed by atoms with E-state index in [1.54, 1.807) is 6.92 Å². The van der Waals surface area contributed by atoms with Crippen LogP contribution in [-0.4, -0.2) is 24.4 Å². The van der Waals surface area contributed by atoms with Crippen LogP contribution in [0.25, 0.3) is 0 Å². The maximum Gasteiger partial charge on any atom is 0.243 e. The van der Waals surface area contributed by atoms with Crippen molar-refractivity contribution in [1.29, 1.82) is 0 Å². The Bertz CT molecular complexity index is 785. The highest BCUT2D eigenvalue weighted by Crippen LogP contribution is 2.19. The number of carbonyl (C=O) groups is 2. The van der Waals surface area contributed by atoms with Crippen molar-refractivity contribution in [3.8, 4) is 0 Å². The second-order valence-corrected chi connectivity index (χ2v) is 7.13. The minimum atomic E-state index is -0.441. The second kappa shape index (κ2) is 9.53. The van der Waals surface area contributed by atoms with Crippen LogP contribution >= 0.6 is 11.6 Å². The SMILES string of the molecule is Cc1cccc(C)c1NC(=O)CNC(=O)[C@H](C)N[C@H](C)c1ccc(Cl)cc1. The van der Waals surface area contributed by atoms with Gasteiger partial charge in [0.1, 0.15) is 0 Å². The fourth-order valence-electron chi connectivity index (χ4n) is 2.81. The van der Waals surface area contributed by atoms with Gasteiger partial charge < -0.3 is 10.6 Å². The zero-order valence-corrected chi connectivity index (χ0v) is 16.9. The van der Waals surface area contributed by atoms with Crippen LogP contribution in [0, 0.1) is 13.8 Å². The summed E-state index contributed by atoms with van der Waals surface area (Å²) in [4.78, 5) is 24.4. The van der Waals surface area contributed by atoms with Crippen LogP contribution in [0.5, 0.6) is 0 Å². The Morgan fingerprint density at radius 3 is 2.19 bits per heavy atom. The third-order valence-electron chi connectivity index (χ3n) is 4.43. The number of carbonyl (C=O) groups excluding carboxylic acids is 2. The summed E-state index contributed by atoms with van der Waals surface area (Å²) in [7, 11) is 0. The first kappa shape index (κ1) is 20.9. The van der Waals surface area contributed by atoms with Gasteiger partial charge in [0, 0.05) is 16.8 Å². The van der Waals surface area contributed by atoms with E-state index < -0.39 is 6.04 Å². The fourth-order valence-corrected chi connectivity index (χ4v) is 2.94. The standard InChI is InChI=1S/C21H26ClN3O2/c1-13-6-5-7-14(2)20(13)25-19(26)12-23-21(27)16(4)24-15(3)17-8-10-18(22)11-9-17/h5-11,15-16,24H,12H2,1-4H3,(H,23,27)(H,25,26)/t15-,16+/m1/s1. The van der Waals surface area contributed by atoms with Gasteiger partial charge in [-0.1, -0.05) is 41.9 Å². The maximum atomic E-state index is 12.3. The molecule has 144 valence electrons. The van der Waals surface area contributed by atoms with Crippen molar-refractivity contribution in [2.45, 2.75) is 39.8 Å². The number of amides is 2. The van der Waals surface area contributed by atoms with Gasteiger partial charge in [-0.15, -0.1) is 0 Å². The van der Waals surface area contributed by atoms with Crippen LogP contribution in [0.4, 0.5) is 5.69 Å². The first-order valence-corrected chi connectivity index (χ1v) is 9.31. The normalized spacial score (nSPS) is 12.9. The maximum absolute atomic E-state index is 12.3. The summed E-state index contributed by atoms with van der Waals surface area (Å²) in [6.45, 7) is 7.54. The summed E-state index contributed by atoms with van der Waals surface area (Å²) in [5.74, 6) is -0.480. The molecule has 2 aromatic rings. The van der Waals surface area contributed by atoms with Crippen LogP contribution in [0.15, 0.2) is 42.5 Å². The monoisotopic (exact) mass is 387 g/mol. The molecule has 0 aliphatic heterocycles. The van der Waals surface area contributed by atoms with E-state index in [9.17, 15) is 9.59 Å². The van der Waals surface area contributed by atoms with Gasteiger partial charge in [0.25, 0.3) is 0 Å². The summed E-state index contributed by atoms with van der Waals surface area (Å²) in [6, 6.07) is 12.8. The van der Waals surface area contributed by atoms with Crippen molar-refractivity contribution in [2.24, 2.45) is 0 Å². The quantitative estimate of drug-likeness (QED) is 0.677. The minimum Gasteiger partial charge on any atom is -0.346 e. The fraction of sp³-hybridized carbons (Fsp3) is 0.333. The molecule has 27 heavy (non-hydrogen) atoms. The molecule has 0 heterocycles. The van der Waals surface area contributed by atoms with Crippen molar-refractivity contribution < 1.29 is 9.59 Å². The molecule has 0 aromatic heterocycles. The lowest BCUT2D eigenvalue weighted by Crippen LogP contribution is -2.45. The number of para-hydroxylation sites is 1. The molecule has 0 unspecified atom stereocenters. The molecule has 2 atom stereocenters. The van der Waals surface area contributed by atoms with E-state index in [2.05, 4.69) is 16.0 Å². The van der Waals surface area contributed by atoms with E-state index in [0.29, 0.717) is 5.02 Å². The van der Waals surface area contributed by atoms with Crippen molar-refractivity contribution in [1.82, 2.24) is 10.6 Å². The predicted octanol–water partition coefficient (Wildman–Crippen LogP) is 3.75.